The number of rotatable bonds is 2. The van der Waals surface area contributed by atoms with Gasteiger partial charge in [-0.2, -0.15) is 0 Å². The Morgan fingerprint density at radius 3 is 2.86 bits per heavy atom. The molecule has 2 fully saturated rings. The maximum Gasteiger partial charge on any atom is 0.338 e. The summed E-state index contributed by atoms with van der Waals surface area (Å²) in [6.45, 7) is 2.07. The van der Waals surface area contributed by atoms with Crippen LogP contribution >= 0.6 is 0 Å². The van der Waals surface area contributed by atoms with Crippen LogP contribution in [-0.2, 0) is 14.2 Å². The van der Waals surface area contributed by atoms with E-state index in [1.54, 1.807) is 24.3 Å². The van der Waals surface area contributed by atoms with Crippen molar-refractivity contribution in [1.29, 1.82) is 0 Å². The molecule has 5 nitrogen and oxygen atoms in total. The van der Waals surface area contributed by atoms with Gasteiger partial charge in [0.1, 0.15) is 6.10 Å². The van der Waals surface area contributed by atoms with Gasteiger partial charge in [0.05, 0.1) is 17.8 Å². The zero-order valence-corrected chi connectivity index (χ0v) is 12.0. The van der Waals surface area contributed by atoms with Gasteiger partial charge in [0.2, 0.25) is 0 Å². The number of nitrogen functional groups attached to an aromatic ring is 1. The van der Waals surface area contributed by atoms with Gasteiger partial charge in [0.25, 0.3) is 0 Å². The number of ether oxygens (including phenoxy) is 3. The Bertz CT molecular complexity index is 505. The van der Waals surface area contributed by atoms with Gasteiger partial charge in [-0.1, -0.05) is 6.07 Å². The second-order valence-electron chi connectivity index (χ2n) is 5.79. The van der Waals surface area contributed by atoms with Crippen LogP contribution in [-0.4, -0.2) is 37.5 Å². The first-order valence-corrected chi connectivity index (χ1v) is 7.45. The van der Waals surface area contributed by atoms with Crippen LogP contribution in [0.15, 0.2) is 24.3 Å². The molecule has 0 saturated carbocycles. The second kappa shape index (κ2) is 6.03. The highest BCUT2D eigenvalue weighted by Crippen LogP contribution is 2.35. The van der Waals surface area contributed by atoms with Crippen LogP contribution in [0.5, 0.6) is 0 Å². The molecule has 114 valence electrons. The van der Waals surface area contributed by atoms with Crippen molar-refractivity contribution in [3.05, 3.63) is 29.8 Å². The van der Waals surface area contributed by atoms with Gasteiger partial charge in [0.15, 0.2) is 0 Å². The van der Waals surface area contributed by atoms with Crippen molar-refractivity contribution in [3.8, 4) is 0 Å². The van der Waals surface area contributed by atoms with Crippen LogP contribution in [0.3, 0.4) is 0 Å². The Kier molecular flexibility index (Phi) is 4.12. The van der Waals surface area contributed by atoms with Crippen LogP contribution in [0.25, 0.3) is 0 Å². The molecule has 21 heavy (non-hydrogen) atoms. The first-order chi connectivity index (χ1) is 10.2. The summed E-state index contributed by atoms with van der Waals surface area (Å²) >= 11 is 0. The molecule has 0 amide bonds. The van der Waals surface area contributed by atoms with Gasteiger partial charge in [-0.25, -0.2) is 4.79 Å². The van der Waals surface area contributed by atoms with E-state index in [0.29, 0.717) is 17.9 Å². The molecule has 0 radical (unpaired) electrons. The van der Waals surface area contributed by atoms with Crippen molar-refractivity contribution in [2.45, 2.75) is 37.4 Å². The molecule has 1 aromatic rings. The van der Waals surface area contributed by atoms with Gasteiger partial charge in [0, 0.05) is 31.7 Å². The van der Waals surface area contributed by atoms with Gasteiger partial charge in [-0.05, 0) is 31.0 Å². The summed E-state index contributed by atoms with van der Waals surface area (Å²) in [7, 11) is 0. The minimum absolute atomic E-state index is 0.0919. The average Bonchev–Trinajstić information content (AvgIpc) is 2.48. The van der Waals surface area contributed by atoms with E-state index in [1.807, 2.05) is 0 Å². The third kappa shape index (κ3) is 3.36. The molecule has 2 heterocycles. The molecule has 0 aliphatic carbocycles. The summed E-state index contributed by atoms with van der Waals surface area (Å²) in [6.07, 6.45) is 3.16. The topological polar surface area (TPSA) is 70.8 Å². The molecule has 1 atom stereocenters. The summed E-state index contributed by atoms with van der Waals surface area (Å²) < 4.78 is 17.0. The van der Waals surface area contributed by atoms with E-state index in [4.69, 9.17) is 19.9 Å². The molecule has 1 aromatic carbocycles. The van der Waals surface area contributed by atoms with E-state index < -0.39 is 0 Å². The highest BCUT2D eigenvalue weighted by atomic mass is 16.6. The van der Waals surface area contributed by atoms with E-state index in [0.717, 1.165) is 38.9 Å². The zero-order chi connectivity index (χ0) is 14.7. The van der Waals surface area contributed by atoms with Crippen LogP contribution in [0, 0.1) is 0 Å². The highest BCUT2D eigenvalue weighted by molar-refractivity contribution is 5.90. The minimum atomic E-state index is -0.309. The Labute approximate surface area is 124 Å². The van der Waals surface area contributed by atoms with Crippen LogP contribution in [0.1, 0.15) is 36.0 Å². The summed E-state index contributed by atoms with van der Waals surface area (Å²) in [4.78, 5) is 12.2. The van der Waals surface area contributed by atoms with Gasteiger partial charge >= 0.3 is 5.97 Å². The fourth-order valence-corrected chi connectivity index (χ4v) is 3.06. The largest absolute Gasteiger partial charge is 0.459 e. The molecule has 1 spiro atoms. The van der Waals surface area contributed by atoms with E-state index in [-0.39, 0.29) is 17.7 Å². The minimum Gasteiger partial charge on any atom is -0.459 e. The SMILES string of the molecule is Nc1cccc(C(=O)OC2CCOC3(CCOCC3)C2)c1. The molecular formula is C16H21NO4. The highest BCUT2D eigenvalue weighted by Gasteiger charge is 2.40. The molecule has 2 aliphatic rings. The molecule has 5 heteroatoms. The van der Waals surface area contributed by atoms with Crippen LogP contribution < -0.4 is 5.73 Å². The molecule has 2 aliphatic heterocycles. The molecular weight excluding hydrogens is 270 g/mol. The number of hydrogen-bond acceptors (Lipinski definition) is 5. The molecule has 3 rings (SSSR count). The summed E-state index contributed by atoms with van der Waals surface area (Å²) in [5, 5.41) is 0. The summed E-state index contributed by atoms with van der Waals surface area (Å²) in [5.74, 6) is -0.309. The van der Waals surface area contributed by atoms with Crippen molar-refractivity contribution in [3.63, 3.8) is 0 Å². The first kappa shape index (κ1) is 14.4. The molecule has 1 unspecified atom stereocenters. The van der Waals surface area contributed by atoms with E-state index >= 15 is 0 Å². The maximum absolute atomic E-state index is 12.2. The van der Waals surface area contributed by atoms with E-state index in [1.165, 1.54) is 0 Å². The molecule has 0 aromatic heterocycles. The Balaban J connectivity index is 1.63. The molecule has 2 saturated heterocycles. The number of benzene rings is 1. The number of anilines is 1. The zero-order valence-electron chi connectivity index (χ0n) is 12.0. The monoisotopic (exact) mass is 291 g/mol. The predicted molar refractivity (Wildman–Crippen MR) is 78.0 cm³/mol. The Hall–Kier alpha value is -1.59. The predicted octanol–water partition coefficient (Wildman–Crippen LogP) is 2.15. The third-order valence-electron chi connectivity index (χ3n) is 4.25. The van der Waals surface area contributed by atoms with Crippen molar-refractivity contribution in [1.82, 2.24) is 0 Å². The lowest BCUT2D eigenvalue weighted by atomic mass is 9.85. The van der Waals surface area contributed by atoms with Crippen molar-refractivity contribution in [2.24, 2.45) is 0 Å². The third-order valence-corrected chi connectivity index (χ3v) is 4.25. The molecule has 0 bridgehead atoms. The van der Waals surface area contributed by atoms with Gasteiger partial charge in [-0.3, -0.25) is 0 Å². The van der Waals surface area contributed by atoms with E-state index in [2.05, 4.69) is 0 Å². The Morgan fingerprint density at radius 1 is 1.29 bits per heavy atom. The van der Waals surface area contributed by atoms with Crippen LogP contribution in [0.2, 0.25) is 0 Å². The van der Waals surface area contributed by atoms with Gasteiger partial charge in [-0.15, -0.1) is 0 Å². The van der Waals surface area contributed by atoms with Crippen molar-refractivity contribution >= 4 is 11.7 Å². The number of esters is 1. The number of carbonyl (C=O) groups excluding carboxylic acids is 1. The average molecular weight is 291 g/mol. The van der Waals surface area contributed by atoms with Crippen LogP contribution in [0.4, 0.5) is 5.69 Å². The van der Waals surface area contributed by atoms with Crippen molar-refractivity contribution in [2.75, 3.05) is 25.6 Å². The number of hydrogen-bond donors (Lipinski definition) is 1. The lowest BCUT2D eigenvalue weighted by molar-refractivity contribution is -0.160. The number of carbonyl (C=O) groups is 1. The Morgan fingerprint density at radius 2 is 2.10 bits per heavy atom. The smallest absolute Gasteiger partial charge is 0.338 e. The first-order valence-electron chi connectivity index (χ1n) is 7.45. The van der Waals surface area contributed by atoms with Gasteiger partial charge < -0.3 is 19.9 Å². The van der Waals surface area contributed by atoms with E-state index in [9.17, 15) is 4.79 Å². The summed E-state index contributed by atoms with van der Waals surface area (Å²) in [6, 6.07) is 6.88. The summed E-state index contributed by atoms with van der Waals surface area (Å²) in [5.41, 5.74) is 6.60. The fourth-order valence-electron chi connectivity index (χ4n) is 3.06. The number of nitrogens with two attached hydrogens (primary N) is 1. The lowest BCUT2D eigenvalue weighted by Gasteiger charge is -2.42. The lowest BCUT2D eigenvalue weighted by Crippen LogP contribution is -2.47. The maximum atomic E-state index is 12.2. The molecule has 2 N–H and O–H groups in total. The standard InChI is InChI=1S/C16H21NO4/c17-13-3-1-2-12(10-13)15(18)21-14-4-7-20-16(11-14)5-8-19-9-6-16/h1-3,10,14H,4-9,11,17H2. The normalized spacial score (nSPS) is 24.7. The second-order valence-corrected chi connectivity index (χ2v) is 5.79. The fraction of sp³-hybridized carbons (Fsp3) is 0.562. The van der Waals surface area contributed by atoms with Crippen molar-refractivity contribution < 1.29 is 19.0 Å². The quantitative estimate of drug-likeness (QED) is 0.668.